The highest BCUT2D eigenvalue weighted by Gasteiger charge is 2.28. The van der Waals surface area contributed by atoms with E-state index in [0.29, 0.717) is 11.8 Å². The Kier molecular flexibility index (Phi) is 3.05. The van der Waals surface area contributed by atoms with Crippen LogP contribution in [0.5, 0.6) is 0 Å². The lowest BCUT2D eigenvalue weighted by Crippen LogP contribution is -2.05. The first-order valence-electron chi connectivity index (χ1n) is 5.79. The van der Waals surface area contributed by atoms with Crippen LogP contribution in [-0.2, 0) is 0 Å². The second-order valence-electron chi connectivity index (χ2n) is 4.56. The molecule has 4 nitrogen and oxygen atoms in total. The Morgan fingerprint density at radius 3 is 2.87 bits per heavy atom. The topological polar surface area (TPSA) is 64.9 Å². The van der Waals surface area contributed by atoms with Gasteiger partial charge in [0.15, 0.2) is 5.82 Å². The largest absolute Gasteiger partial charge is 0.338 e. The number of hydrogen-bond acceptors (Lipinski definition) is 4. The summed E-state index contributed by atoms with van der Waals surface area (Å²) in [5, 5.41) is 4.02. The van der Waals surface area contributed by atoms with Crippen molar-refractivity contribution in [3.05, 3.63) is 11.7 Å². The zero-order valence-electron chi connectivity index (χ0n) is 9.44. The summed E-state index contributed by atoms with van der Waals surface area (Å²) in [6.07, 6.45) is 4.95. The molecule has 1 fully saturated rings. The van der Waals surface area contributed by atoms with Gasteiger partial charge in [0.1, 0.15) is 0 Å². The SMILES string of the molecule is CCC1CCC(c2noc(C(C)N)n2)C1. The van der Waals surface area contributed by atoms with E-state index in [2.05, 4.69) is 17.1 Å². The molecule has 1 aliphatic carbocycles. The van der Waals surface area contributed by atoms with Gasteiger partial charge in [0.25, 0.3) is 0 Å². The van der Waals surface area contributed by atoms with Crippen LogP contribution in [0.1, 0.15) is 63.2 Å². The van der Waals surface area contributed by atoms with Crippen LogP contribution in [0.4, 0.5) is 0 Å². The molecule has 0 aliphatic heterocycles. The molecule has 0 spiro atoms. The molecule has 1 saturated carbocycles. The zero-order chi connectivity index (χ0) is 10.8. The molecule has 4 heteroatoms. The van der Waals surface area contributed by atoms with Gasteiger partial charge in [0.2, 0.25) is 5.89 Å². The van der Waals surface area contributed by atoms with Crippen molar-refractivity contribution in [3.63, 3.8) is 0 Å². The Morgan fingerprint density at radius 1 is 1.53 bits per heavy atom. The fraction of sp³-hybridized carbons (Fsp3) is 0.818. The van der Waals surface area contributed by atoms with Crippen molar-refractivity contribution in [1.29, 1.82) is 0 Å². The van der Waals surface area contributed by atoms with E-state index < -0.39 is 0 Å². The highest BCUT2D eigenvalue weighted by molar-refractivity contribution is 5.00. The predicted octanol–water partition coefficient (Wildman–Crippen LogP) is 2.38. The Morgan fingerprint density at radius 2 is 2.33 bits per heavy atom. The van der Waals surface area contributed by atoms with Crippen LogP contribution in [-0.4, -0.2) is 10.1 Å². The predicted molar refractivity (Wildman–Crippen MR) is 57.3 cm³/mol. The maximum atomic E-state index is 5.68. The lowest BCUT2D eigenvalue weighted by atomic mass is 10.0. The molecule has 1 aromatic rings. The highest BCUT2D eigenvalue weighted by atomic mass is 16.5. The molecular weight excluding hydrogens is 190 g/mol. The van der Waals surface area contributed by atoms with Gasteiger partial charge in [-0.1, -0.05) is 18.5 Å². The molecule has 15 heavy (non-hydrogen) atoms. The molecule has 2 N–H and O–H groups in total. The van der Waals surface area contributed by atoms with E-state index in [-0.39, 0.29) is 6.04 Å². The Balaban J connectivity index is 2.04. The molecule has 3 atom stereocenters. The van der Waals surface area contributed by atoms with Gasteiger partial charge in [0, 0.05) is 5.92 Å². The average molecular weight is 209 g/mol. The number of nitrogens with two attached hydrogens (primary N) is 1. The molecule has 0 amide bonds. The minimum Gasteiger partial charge on any atom is -0.338 e. The lowest BCUT2D eigenvalue weighted by molar-refractivity contribution is 0.354. The van der Waals surface area contributed by atoms with Gasteiger partial charge in [-0.15, -0.1) is 0 Å². The molecule has 0 radical (unpaired) electrons. The average Bonchev–Trinajstić information content (AvgIpc) is 2.86. The smallest absolute Gasteiger partial charge is 0.243 e. The van der Waals surface area contributed by atoms with Crippen molar-refractivity contribution in [3.8, 4) is 0 Å². The normalized spacial score (nSPS) is 28.2. The summed E-state index contributed by atoms with van der Waals surface area (Å²) in [4.78, 5) is 4.36. The Bertz CT molecular complexity index is 321. The summed E-state index contributed by atoms with van der Waals surface area (Å²) in [7, 11) is 0. The van der Waals surface area contributed by atoms with Crippen LogP contribution in [0.2, 0.25) is 0 Å². The molecule has 3 unspecified atom stereocenters. The Hall–Kier alpha value is -0.900. The van der Waals surface area contributed by atoms with E-state index >= 15 is 0 Å². The highest BCUT2D eigenvalue weighted by Crippen LogP contribution is 2.38. The first kappa shape index (κ1) is 10.6. The van der Waals surface area contributed by atoms with Crippen molar-refractivity contribution in [2.24, 2.45) is 11.7 Å². The van der Waals surface area contributed by atoms with Crippen LogP contribution in [0.15, 0.2) is 4.52 Å². The third kappa shape index (κ3) is 2.20. The van der Waals surface area contributed by atoms with Crippen molar-refractivity contribution in [2.45, 2.75) is 51.5 Å². The summed E-state index contributed by atoms with van der Waals surface area (Å²) < 4.78 is 5.12. The minimum absolute atomic E-state index is 0.158. The molecule has 1 aliphatic rings. The van der Waals surface area contributed by atoms with Crippen LogP contribution < -0.4 is 5.73 Å². The zero-order valence-corrected chi connectivity index (χ0v) is 9.44. The molecule has 2 rings (SSSR count). The van der Waals surface area contributed by atoms with Crippen molar-refractivity contribution in [2.75, 3.05) is 0 Å². The first-order valence-corrected chi connectivity index (χ1v) is 5.79. The molecule has 0 aromatic carbocycles. The maximum Gasteiger partial charge on any atom is 0.243 e. The summed E-state index contributed by atoms with van der Waals surface area (Å²) in [6.45, 7) is 4.11. The molecule has 0 saturated heterocycles. The van der Waals surface area contributed by atoms with Gasteiger partial charge in [-0.05, 0) is 32.1 Å². The second kappa shape index (κ2) is 4.31. The van der Waals surface area contributed by atoms with E-state index in [1.165, 1.54) is 25.7 Å². The molecule has 84 valence electrons. The van der Waals surface area contributed by atoms with Crippen molar-refractivity contribution >= 4 is 0 Å². The maximum absolute atomic E-state index is 5.68. The summed E-state index contributed by atoms with van der Waals surface area (Å²) in [5.74, 6) is 2.75. The third-order valence-corrected chi connectivity index (χ3v) is 3.33. The van der Waals surface area contributed by atoms with Gasteiger partial charge in [-0.3, -0.25) is 0 Å². The van der Waals surface area contributed by atoms with Crippen LogP contribution in [0.25, 0.3) is 0 Å². The van der Waals surface area contributed by atoms with E-state index in [1.807, 2.05) is 6.92 Å². The quantitative estimate of drug-likeness (QED) is 0.830. The first-order chi connectivity index (χ1) is 7.20. The van der Waals surface area contributed by atoms with Gasteiger partial charge >= 0.3 is 0 Å². The van der Waals surface area contributed by atoms with Gasteiger partial charge < -0.3 is 10.3 Å². The lowest BCUT2D eigenvalue weighted by Gasteiger charge is -2.04. The fourth-order valence-electron chi connectivity index (χ4n) is 2.28. The Labute approximate surface area is 90.2 Å². The number of nitrogens with zero attached hydrogens (tertiary/aromatic N) is 2. The molecule has 0 bridgehead atoms. The molecular formula is C11H19N3O. The second-order valence-corrected chi connectivity index (χ2v) is 4.56. The summed E-state index contributed by atoms with van der Waals surface area (Å²) in [6, 6.07) is -0.158. The van der Waals surface area contributed by atoms with Gasteiger partial charge in [-0.2, -0.15) is 4.98 Å². The monoisotopic (exact) mass is 209 g/mol. The van der Waals surface area contributed by atoms with Crippen molar-refractivity contribution in [1.82, 2.24) is 10.1 Å². The van der Waals surface area contributed by atoms with E-state index in [9.17, 15) is 0 Å². The van der Waals surface area contributed by atoms with Gasteiger partial charge in [0.05, 0.1) is 6.04 Å². The van der Waals surface area contributed by atoms with Crippen LogP contribution in [0.3, 0.4) is 0 Å². The minimum atomic E-state index is -0.158. The molecule has 1 aromatic heterocycles. The van der Waals surface area contributed by atoms with E-state index in [1.54, 1.807) is 0 Å². The van der Waals surface area contributed by atoms with Gasteiger partial charge in [-0.25, -0.2) is 0 Å². The number of hydrogen-bond donors (Lipinski definition) is 1. The third-order valence-electron chi connectivity index (χ3n) is 3.33. The van der Waals surface area contributed by atoms with Crippen molar-refractivity contribution < 1.29 is 4.52 Å². The summed E-state index contributed by atoms with van der Waals surface area (Å²) >= 11 is 0. The summed E-state index contributed by atoms with van der Waals surface area (Å²) in [5.41, 5.74) is 5.68. The standard InChI is InChI=1S/C11H19N3O/c1-3-8-4-5-9(6-8)10-13-11(7(2)12)15-14-10/h7-9H,3-6,12H2,1-2H3. The molecule has 1 heterocycles. The van der Waals surface area contributed by atoms with E-state index in [4.69, 9.17) is 10.3 Å². The van der Waals surface area contributed by atoms with E-state index in [0.717, 1.165) is 11.7 Å². The number of rotatable bonds is 3. The number of aromatic nitrogens is 2. The van der Waals surface area contributed by atoms with Crippen LogP contribution >= 0.6 is 0 Å². The fourth-order valence-corrected chi connectivity index (χ4v) is 2.28. The van der Waals surface area contributed by atoms with Crippen LogP contribution in [0, 0.1) is 5.92 Å².